The zero-order valence-corrected chi connectivity index (χ0v) is 19.7. The number of carbonyl (C=O) groups is 2. The van der Waals surface area contributed by atoms with Crippen molar-refractivity contribution in [1.82, 2.24) is 9.88 Å². The van der Waals surface area contributed by atoms with Crippen LogP contribution in [0.15, 0.2) is 35.1 Å². The van der Waals surface area contributed by atoms with E-state index in [2.05, 4.69) is 12.2 Å². The highest BCUT2D eigenvalue weighted by Crippen LogP contribution is 2.29. The molecule has 0 saturated heterocycles. The molecule has 0 bridgehead atoms. The van der Waals surface area contributed by atoms with Crippen LogP contribution in [0.4, 0.5) is 0 Å². The summed E-state index contributed by atoms with van der Waals surface area (Å²) < 4.78 is 6.61. The van der Waals surface area contributed by atoms with Crippen molar-refractivity contribution in [2.75, 3.05) is 6.61 Å². The largest absolute Gasteiger partial charge is 0.464 e. The van der Waals surface area contributed by atoms with Crippen molar-refractivity contribution < 1.29 is 14.3 Å². The molecular weight excluding hydrogens is 404 g/mol. The van der Waals surface area contributed by atoms with Gasteiger partial charge in [-0.3, -0.25) is 14.2 Å². The summed E-state index contributed by atoms with van der Waals surface area (Å²) in [6.45, 7) is 9.68. The summed E-state index contributed by atoms with van der Waals surface area (Å²) >= 11 is 0. The van der Waals surface area contributed by atoms with Gasteiger partial charge in [0, 0.05) is 17.7 Å². The van der Waals surface area contributed by atoms with Gasteiger partial charge in [-0.2, -0.15) is 0 Å². The van der Waals surface area contributed by atoms with E-state index in [-0.39, 0.29) is 18.6 Å². The minimum Gasteiger partial charge on any atom is -0.464 e. The van der Waals surface area contributed by atoms with Crippen molar-refractivity contribution in [2.45, 2.75) is 72.4 Å². The zero-order chi connectivity index (χ0) is 23.4. The third kappa shape index (κ3) is 5.12. The molecule has 3 rings (SSSR count). The molecule has 1 N–H and O–H groups in total. The molecule has 1 aliphatic rings. The zero-order valence-electron chi connectivity index (χ0n) is 19.7. The number of carbonyl (C=O) groups excluding carboxylic acids is 2. The summed E-state index contributed by atoms with van der Waals surface area (Å²) in [5.74, 6) is -0.0225. The SMILES string of the molecule is CCOC(=O)C(C)n1c(-c2ccc(C)cc2)c(C)c(C(=O)NC2CCC(C)CC2)cc1=O. The molecule has 0 radical (unpaired) electrons. The molecule has 32 heavy (non-hydrogen) atoms. The number of nitrogens with zero attached hydrogens (tertiary/aromatic N) is 1. The second-order valence-corrected chi connectivity index (χ2v) is 8.96. The Labute approximate surface area is 190 Å². The monoisotopic (exact) mass is 438 g/mol. The quantitative estimate of drug-likeness (QED) is 0.671. The van der Waals surface area contributed by atoms with Crippen molar-refractivity contribution in [1.29, 1.82) is 0 Å². The number of aromatic nitrogens is 1. The van der Waals surface area contributed by atoms with E-state index in [0.29, 0.717) is 22.7 Å². The summed E-state index contributed by atoms with van der Waals surface area (Å²) in [6.07, 6.45) is 4.09. The Balaban J connectivity index is 2.07. The normalized spacial score (nSPS) is 19.3. The summed E-state index contributed by atoms with van der Waals surface area (Å²) in [6, 6.07) is 8.40. The number of esters is 1. The van der Waals surface area contributed by atoms with E-state index in [9.17, 15) is 14.4 Å². The fourth-order valence-electron chi connectivity index (χ4n) is 4.44. The van der Waals surface area contributed by atoms with E-state index in [1.54, 1.807) is 13.8 Å². The Morgan fingerprint density at radius 1 is 1.12 bits per heavy atom. The Morgan fingerprint density at radius 2 is 1.75 bits per heavy atom. The molecule has 1 aliphatic carbocycles. The molecule has 1 unspecified atom stereocenters. The molecule has 6 nitrogen and oxygen atoms in total. The fourth-order valence-corrected chi connectivity index (χ4v) is 4.44. The number of rotatable bonds is 6. The van der Waals surface area contributed by atoms with Crippen molar-refractivity contribution >= 4 is 11.9 Å². The summed E-state index contributed by atoms with van der Waals surface area (Å²) in [7, 11) is 0. The minimum absolute atomic E-state index is 0.127. The molecule has 172 valence electrons. The van der Waals surface area contributed by atoms with Crippen LogP contribution >= 0.6 is 0 Å². The van der Waals surface area contributed by atoms with Crippen LogP contribution in [0.1, 0.15) is 74.0 Å². The van der Waals surface area contributed by atoms with E-state index in [1.807, 2.05) is 38.1 Å². The molecule has 1 aromatic carbocycles. The van der Waals surface area contributed by atoms with Crippen LogP contribution in [0.3, 0.4) is 0 Å². The lowest BCUT2D eigenvalue weighted by Gasteiger charge is -2.27. The number of aryl methyl sites for hydroxylation is 1. The van der Waals surface area contributed by atoms with Gasteiger partial charge in [0.05, 0.1) is 12.3 Å². The van der Waals surface area contributed by atoms with Crippen LogP contribution in [0.2, 0.25) is 0 Å². The van der Waals surface area contributed by atoms with Gasteiger partial charge in [-0.25, -0.2) is 4.79 Å². The molecular formula is C26H34N2O4. The Kier molecular flexibility index (Phi) is 7.54. The second kappa shape index (κ2) is 10.2. The van der Waals surface area contributed by atoms with Crippen molar-refractivity contribution in [3.05, 3.63) is 57.4 Å². The molecule has 0 aliphatic heterocycles. The lowest BCUT2D eigenvalue weighted by atomic mass is 9.87. The average Bonchev–Trinajstić information content (AvgIpc) is 2.76. The van der Waals surface area contributed by atoms with E-state index >= 15 is 0 Å². The number of hydrogen-bond acceptors (Lipinski definition) is 4. The van der Waals surface area contributed by atoms with Gasteiger partial charge < -0.3 is 10.1 Å². The average molecular weight is 439 g/mol. The van der Waals surface area contributed by atoms with Gasteiger partial charge in [-0.05, 0) is 70.4 Å². The summed E-state index contributed by atoms with van der Waals surface area (Å²) in [5, 5.41) is 3.12. The molecule has 1 amide bonds. The highest BCUT2D eigenvalue weighted by atomic mass is 16.5. The summed E-state index contributed by atoms with van der Waals surface area (Å²) in [4.78, 5) is 38.9. The van der Waals surface area contributed by atoms with Crippen LogP contribution in [-0.4, -0.2) is 29.1 Å². The van der Waals surface area contributed by atoms with Gasteiger partial charge in [0.2, 0.25) is 0 Å². The smallest absolute Gasteiger partial charge is 0.328 e. The lowest BCUT2D eigenvalue weighted by molar-refractivity contribution is -0.146. The molecule has 6 heteroatoms. The second-order valence-electron chi connectivity index (χ2n) is 8.96. The van der Waals surface area contributed by atoms with E-state index in [4.69, 9.17) is 4.74 Å². The predicted octanol–water partition coefficient (Wildman–Crippen LogP) is 4.56. The Hall–Kier alpha value is -2.89. The number of ether oxygens (including phenoxy) is 1. The maximum Gasteiger partial charge on any atom is 0.328 e. The van der Waals surface area contributed by atoms with Gasteiger partial charge in [-0.1, -0.05) is 36.8 Å². The molecule has 1 fully saturated rings. The van der Waals surface area contributed by atoms with Crippen LogP contribution in [0.25, 0.3) is 11.3 Å². The minimum atomic E-state index is -0.811. The number of amides is 1. The van der Waals surface area contributed by atoms with Gasteiger partial charge in [0.1, 0.15) is 6.04 Å². The molecule has 1 saturated carbocycles. The number of hydrogen-bond donors (Lipinski definition) is 1. The first-order valence-electron chi connectivity index (χ1n) is 11.5. The number of nitrogens with one attached hydrogen (secondary N) is 1. The van der Waals surface area contributed by atoms with E-state index in [0.717, 1.165) is 36.8 Å². The molecule has 2 aromatic rings. The Bertz CT molecular complexity index is 1030. The Morgan fingerprint density at radius 3 is 2.34 bits per heavy atom. The van der Waals surface area contributed by atoms with E-state index in [1.165, 1.54) is 10.6 Å². The third-order valence-electron chi connectivity index (χ3n) is 6.44. The highest BCUT2D eigenvalue weighted by Gasteiger charge is 2.27. The molecule has 0 spiro atoms. The topological polar surface area (TPSA) is 77.4 Å². The standard InChI is InChI=1S/C26H34N2O4/c1-6-32-26(31)19(5)28-23(29)15-22(25(30)27-21-13-9-17(3)10-14-21)18(4)24(28)20-11-7-16(2)8-12-20/h7-8,11-12,15,17,19,21H,6,9-10,13-14H2,1-5H3,(H,27,30). The third-order valence-corrected chi connectivity index (χ3v) is 6.44. The lowest BCUT2D eigenvalue weighted by Crippen LogP contribution is -2.39. The van der Waals surface area contributed by atoms with Gasteiger partial charge in [0.25, 0.3) is 11.5 Å². The highest BCUT2D eigenvalue weighted by molar-refractivity contribution is 5.97. The molecule has 1 heterocycles. The first-order chi connectivity index (χ1) is 15.2. The maximum absolute atomic E-state index is 13.2. The van der Waals surface area contributed by atoms with Crippen molar-refractivity contribution in [3.8, 4) is 11.3 Å². The van der Waals surface area contributed by atoms with Gasteiger partial charge >= 0.3 is 5.97 Å². The summed E-state index contributed by atoms with van der Waals surface area (Å²) in [5.41, 5.74) is 3.07. The van der Waals surface area contributed by atoms with Gasteiger partial charge in [-0.15, -0.1) is 0 Å². The first-order valence-corrected chi connectivity index (χ1v) is 11.5. The van der Waals surface area contributed by atoms with Crippen LogP contribution in [0, 0.1) is 19.8 Å². The van der Waals surface area contributed by atoms with Crippen LogP contribution in [0.5, 0.6) is 0 Å². The van der Waals surface area contributed by atoms with E-state index < -0.39 is 17.6 Å². The fraction of sp³-hybridized carbons (Fsp3) is 0.500. The maximum atomic E-state index is 13.2. The predicted molar refractivity (Wildman–Crippen MR) is 126 cm³/mol. The van der Waals surface area contributed by atoms with Gasteiger partial charge in [0.15, 0.2) is 0 Å². The number of benzene rings is 1. The molecule has 1 atom stereocenters. The van der Waals surface area contributed by atoms with Crippen LogP contribution in [-0.2, 0) is 9.53 Å². The van der Waals surface area contributed by atoms with Crippen molar-refractivity contribution in [3.63, 3.8) is 0 Å². The van der Waals surface area contributed by atoms with Crippen LogP contribution < -0.4 is 10.9 Å². The number of pyridine rings is 1. The molecule has 1 aromatic heterocycles. The van der Waals surface area contributed by atoms with Crippen molar-refractivity contribution in [2.24, 2.45) is 5.92 Å². The first kappa shape index (κ1) is 23.8.